The summed E-state index contributed by atoms with van der Waals surface area (Å²) in [6.45, 7) is 6.12. The van der Waals surface area contributed by atoms with Crippen LogP contribution in [0.25, 0.3) is 0 Å². The van der Waals surface area contributed by atoms with Crippen molar-refractivity contribution in [2.75, 3.05) is 6.61 Å². The van der Waals surface area contributed by atoms with Gasteiger partial charge in [-0.25, -0.2) is 0 Å². The van der Waals surface area contributed by atoms with Crippen LogP contribution in [0.5, 0.6) is 5.75 Å². The predicted molar refractivity (Wildman–Crippen MR) is 84.6 cm³/mol. The van der Waals surface area contributed by atoms with E-state index in [9.17, 15) is 4.79 Å². The molecule has 0 atom stereocenters. The number of Topliss-reactive ketones (excluding diaryl/α,β-unsaturated/α-hetero) is 1. The quantitative estimate of drug-likeness (QED) is 0.762. The highest BCUT2D eigenvalue weighted by atomic mass is 79.9. The van der Waals surface area contributed by atoms with Gasteiger partial charge in [0.15, 0.2) is 6.61 Å². The van der Waals surface area contributed by atoms with Crippen LogP contribution in [0, 0.1) is 20.8 Å². The predicted octanol–water partition coefficient (Wildman–Crippen LogP) is 4.64. The number of hydrogen-bond acceptors (Lipinski definition) is 2. The van der Waals surface area contributed by atoms with E-state index in [2.05, 4.69) is 22.0 Å². The normalized spacial score (nSPS) is 10.4. The average Bonchev–Trinajstić information content (AvgIpc) is 2.41. The van der Waals surface area contributed by atoms with Gasteiger partial charge in [0.2, 0.25) is 5.78 Å². The molecular weight excluding hydrogens is 316 g/mol. The van der Waals surface area contributed by atoms with Crippen LogP contribution in [0.1, 0.15) is 27.0 Å². The summed E-state index contributed by atoms with van der Waals surface area (Å²) >= 11 is 3.38. The maximum Gasteiger partial charge on any atom is 0.201 e. The van der Waals surface area contributed by atoms with E-state index < -0.39 is 0 Å². The fraction of sp³-hybridized carbons (Fsp3) is 0.235. The largest absolute Gasteiger partial charge is 0.485 e. The Bertz CT molecular complexity index is 647. The Morgan fingerprint density at radius 3 is 2.55 bits per heavy atom. The van der Waals surface area contributed by atoms with E-state index in [0.29, 0.717) is 5.56 Å². The summed E-state index contributed by atoms with van der Waals surface area (Å²) in [6.07, 6.45) is 0. The number of carbonyl (C=O) groups excluding carboxylic acids is 1. The van der Waals surface area contributed by atoms with Crippen molar-refractivity contribution in [1.82, 2.24) is 0 Å². The second kappa shape index (κ2) is 6.23. The fourth-order valence-electron chi connectivity index (χ4n) is 2.06. The topological polar surface area (TPSA) is 26.3 Å². The molecule has 2 nitrogen and oxygen atoms in total. The van der Waals surface area contributed by atoms with Gasteiger partial charge in [-0.05, 0) is 49.6 Å². The van der Waals surface area contributed by atoms with Crippen LogP contribution in [0.3, 0.4) is 0 Å². The maximum atomic E-state index is 12.2. The van der Waals surface area contributed by atoms with E-state index in [4.69, 9.17) is 4.74 Å². The number of aryl methyl sites for hydroxylation is 2. The Kier molecular flexibility index (Phi) is 4.61. The minimum atomic E-state index is -0.0314. The van der Waals surface area contributed by atoms with E-state index in [-0.39, 0.29) is 12.4 Å². The Hall–Kier alpha value is -1.61. The molecule has 0 unspecified atom stereocenters. The van der Waals surface area contributed by atoms with Gasteiger partial charge in [0.25, 0.3) is 0 Å². The van der Waals surface area contributed by atoms with Gasteiger partial charge in [0.05, 0.1) is 0 Å². The lowest BCUT2D eigenvalue weighted by Crippen LogP contribution is -2.13. The highest BCUT2D eigenvalue weighted by Gasteiger charge is 2.11. The van der Waals surface area contributed by atoms with Gasteiger partial charge >= 0.3 is 0 Å². The highest BCUT2D eigenvalue weighted by molar-refractivity contribution is 9.10. The summed E-state index contributed by atoms with van der Waals surface area (Å²) < 4.78 is 6.50. The van der Waals surface area contributed by atoms with Gasteiger partial charge < -0.3 is 4.74 Å². The minimum absolute atomic E-state index is 0.0314. The molecule has 2 aromatic rings. The molecule has 0 aliphatic rings. The van der Waals surface area contributed by atoms with E-state index in [0.717, 1.165) is 21.3 Å². The molecule has 104 valence electrons. The van der Waals surface area contributed by atoms with Gasteiger partial charge in [0.1, 0.15) is 5.75 Å². The first kappa shape index (κ1) is 14.8. The van der Waals surface area contributed by atoms with E-state index >= 15 is 0 Å². The number of hydrogen-bond donors (Lipinski definition) is 0. The first-order chi connectivity index (χ1) is 9.49. The first-order valence-corrected chi connectivity index (χ1v) is 7.26. The molecule has 0 radical (unpaired) electrons. The van der Waals surface area contributed by atoms with E-state index in [1.165, 1.54) is 5.56 Å². The van der Waals surface area contributed by atoms with Crippen molar-refractivity contribution in [2.45, 2.75) is 20.8 Å². The Morgan fingerprint density at radius 1 is 1.15 bits per heavy atom. The van der Waals surface area contributed by atoms with Crippen LogP contribution >= 0.6 is 15.9 Å². The average molecular weight is 333 g/mol. The van der Waals surface area contributed by atoms with E-state index in [1.54, 1.807) is 6.07 Å². The summed E-state index contributed by atoms with van der Waals surface area (Å²) in [5.41, 5.74) is 4.04. The molecule has 0 amide bonds. The third-order valence-corrected chi connectivity index (χ3v) is 3.99. The summed E-state index contributed by atoms with van der Waals surface area (Å²) in [6, 6.07) is 11.5. The van der Waals surface area contributed by atoms with Crippen molar-refractivity contribution in [3.05, 3.63) is 63.1 Å². The van der Waals surface area contributed by atoms with Crippen molar-refractivity contribution in [2.24, 2.45) is 0 Å². The lowest BCUT2D eigenvalue weighted by atomic mass is 10.1. The van der Waals surface area contributed by atoms with Crippen molar-refractivity contribution < 1.29 is 9.53 Å². The number of benzene rings is 2. The van der Waals surface area contributed by atoms with Gasteiger partial charge in [-0.1, -0.05) is 40.2 Å². The molecule has 0 fully saturated rings. The summed E-state index contributed by atoms with van der Waals surface area (Å²) in [5, 5.41) is 0. The van der Waals surface area contributed by atoms with Crippen molar-refractivity contribution in [3.63, 3.8) is 0 Å². The van der Waals surface area contributed by atoms with Crippen LogP contribution in [0.2, 0.25) is 0 Å². The zero-order chi connectivity index (χ0) is 14.7. The third-order valence-electron chi connectivity index (χ3n) is 3.30. The lowest BCUT2D eigenvalue weighted by Gasteiger charge is -2.12. The molecule has 0 aromatic heterocycles. The number of rotatable bonds is 4. The number of ether oxygens (including phenoxy) is 1. The number of ketones is 1. The Morgan fingerprint density at radius 2 is 1.85 bits per heavy atom. The second-order valence-corrected chi connectivity index (χ2v) is 5.75. The molecule has 20 heavy (non-hydrogen) atoms. The molecule has 0 aliphatic heterocycles. The first-order valence-electron chi connectivity index (χ1n) is 6.47. The molecule has 0 saturated heterocycles. The summed E-state index contributed by atoms with van der Waals surface area (Å²) in [5.74, 6) is 0.749. The maximum absolute atomic E-state index is 12.2. The molecule has 2 aromatic carbocycles. The lowest BCUT2D eigenvalue weighted by molar-refractivity contribution is 0.0920. The molecule has 3 heteroatoms. The Labute approximate surface area is 127 Å². The van der Waals surface area contributed by atoms with Crippen LogP contribution in [-0.4, -0.2) is 12.4 Å². The zero-order valence-electron chi connectivity index (χ0n) is 11.9. The summed E-state index contributed by atoms with van der Waals surface area (Å²) in [4.78, 5) is 12.2. The second-order valence-electron chi connectivity index (χ2n) is 4.90. The number of carbonyl (C=O) groups is 1. The van der Waals surface area contributed by atoms with Crippen molar-refractivity contribution in [1.29, 1.82) is 0 Å². The smallest absolute Gasteiger partial charge is 0.201 e. The van der Waals surface area contributed by atoms with Crippen LogP contribution in [0.4, 0.5) is 0 Å². The molecule has 2 rings (SSSR count). The van der Waals surface area contributed by atoms with Gasteiger partial charge in [0, 0.05) is 10.0 Å². The van der Waals surface area contributed by atoms with Gasteiger partial charge in [-0.15, -0.1) is 0 Å². The summed E-state index contributed by atoms with van der Waals surface area (Å²) in [7, 11) is 0. The zero-order valence-corrected chi connectivity index (χ0v) is 13.5. The molecule has 0 spiro atoms. The molecule has 0 N–H and O–H groups in total. The van der Waals surface area contributed by atoms with Crippen molar-refractivity contribution >= 4 is 21.7 Å². The van der Waals surface area contributed by atoms with Gasteiger partial charge in [-0.2, -0.15) is 0 Å². The molecule has 0 heterocycles. The van der Waals surface area contributed by atoms with Gasteiger partial charge in [-0.3, -0.25) is 4.79 Å². The van der Waals surface area contributed by atoms with Crippen LogP contribution in [0.15, 0.2) is 40.9 Å². The highest BCUT2D eigenvalue weighted by Crippen LogP contribution is 2.24. The number of halogens is 1. The SMILES string of the molecule is Cc1cc(C)c(C)c(OCC(=O)c2ccccc2Br)c1. The molecule has 0 aliphatic carbocycles. The van der Waals surface area contributed by atoms with E-state index in [1.807, 2.05) is 45.0 Å². The third kappa shape index (κ3) is 3.28. The van der Waals surface area contributed by atoms with Crippen molar-refractivity contribution in [3.8, 4) is 5.75 Å². The monoisotopic (exact) mass is 332 g/mol. The Balaban J connectivity index is 2.14. The fourth-order valence-corrected chi connectivity index (χ4v) is 2.56. The van der Waals surface area contributed by atoms with Crippen LogP contribution in [-0.2, 0) is 0 Å². The van der Waals surface area contributed by atoms with Crippen LogP contribution < -0.4 is 4.74 Å². The standard InChI is InChI=1S/C17H17BrO2/c1-11-8-12(2)13(3)17(9-11)20-10-16(19)14-6-4-5-7-15(14)18/h4-9H,10H2,1-3H3. The molecular formula is C17H17BrO2. The molecule has 0 bridgehead atoms. The molecule has 0 saturated carbocycles. The minimum Gasteiger partial charge on any atom is -0.485 e.